The van der Waals surface area contributed by atoms with Crippen LogP contribution < -0.4 is 9.62 Å². The lowest BCUT2D eigenvalue weighted by Crippen LogP contribution is -2.38. The maximum absolute atomic E-state index is 13.6. The lowest BCUT2D eigenvalue weighted by Gasteiger charge is -2.24. The molecule has 1 N–H and O–H groups in total. The molecule has 0 aliphatic heterocycles. The van der Waals surface area contributed by atoms with E-state index < -0.39 is 15.9 Å². The van der Waals surface area contributed by atoms with Crippen molar-refractivity contribution >= 4 is 66.6 Å². The number of carbonyl (C=O) groups is 1. The number of thioether (sulfide) groups is 1. The Kier molecular flexibility index (Phi) is 8.97. The molecule has 0 radical (unpaired) electrons. The van der Waals surface area contributed by atoms with Gasteiger partial charge in [0, 0.05) is 20.1 Å². The zero-order valence-corrected chi connectivity index (χ0v) is 23.9. The predicted molar refractivity (Wildman–Crippen MR) is 156 cm³/mol. The molecule has 0 spiro atoms. The minimum Gasteiger partial charge on any atom is -0.323 e. The number of hydrogen-bond donors (Lipinski definition) is 1. The summed E-state index contributed by atoms with van der Waals surface area (Å²) in [5.74, 6) is 0.242. The summed E-state index contributed by atoms with van der Waals surface area (Å²) >= 11 is 11.0. The van der Waals surface area contributed by atoms with Crippen LogP contribution in [0.4, 0.5) is 11.4 Å². The number of carbonyl (C=O) groups excluding carboxylic acids is 1. The fraction of sp³-hybridized carbons (Fsp3) is 0.107. The monoisotopic (exact) mass is 614 g/mol. The second-order valence-electron chi connectivity index (χ2n) is 8.26. The lowest BCUT2D eigenvalue weighted by atomic mass is 10.2. The van der Waals surface area contributed by atoms with E-state index in [0.717, 1.165) is 20.3 Å². The average Bonchev–Trinajstić information content (AvgIpc) is 2.88. The Hall–Kier alpha value is -2.78. The van der Waals surface area contributed by atoms with Crippen molar-refractivity contribution in [3.8, 4) is 0 Å². The smallest absolute Gasteiger partial charge is 0.264 e. The molecular weight excluding hydrogens is 592 g/mol. The van der Waals surface area contributed by atoms with E-state index in [-0.39, 0.29) is 11.4 Å². The molecule has 0 aromatic heterocycles. The minimum absolute atomic E-state index is 0.116. The van der Waals surface area contributed by atoms with Gasteiger partial charge in [0.1, 0.15) is 6.54 Å². The van der Waals surface area contributed by atoms with Gasteiger partial charge >= 0.3 is 0 Å². The largest absolute Gasteiger partial charge is 0.323 e. The van der Waals surface area contributed by atoms with Crippen LogP contribution in [0.2, 0.25) is 5.02 Å². The van der Waals surface area contributed by atoms with Crippen LogP contribution in [-0.2, 0) is 20.6 Å². The quantitative estimate of drug-likeness (QED) is 0.198. The second-order valence-corrected chi connectivity index (χ2v) is 12.5. The van der Waals surface area contributed by atoms with Crippen molar-refractivity contribution in [2.75, 3.05) is 16.2 Å². The van der Waals surface area contributed by atoms with Gasteiger partial charge in [0.05, 0.1) is 16.3 Å². The highest BCUT2D eigenvalue weighted by Crippen LogP contribution is 2.31. The van der Waals surface area contributed by atoms with E-state index in [4.69, 9.17) is 11.6 Å². The van der Waals surface area contributed by atoms with Crippen LogP contribution in [0.1, 0.15) is 11.1 Å². The van der Waals surface area contributed by atoms with E-state index in [2.05, 4.69) is 21.2 Å². The van der Waals surface area contributed by atoms with Gasteiger partial charge in [-0.2, -0.15) is 0 Å². The Labute approximate surface area is 235 Å². The number of anilines is 2. The Morgan fingerprint density at radius 3 is 2.35 bits per heavy atom. The summed E-state index contributed by atoms with van der Waals surface area (Å²) in [6.45, 7) is 1.50. The van der Waals surface area contributed by atoms with E-state index in [1.165, 1.54) is 0 Å². The number of rotatable bonds is 9. The first-order valence-corrected chi connectivity index (χ1v) is 14.9. The van der Waals surface area contributed by atoms with Gasteiger partial charge in [-0.25, -0.2) is 8.42 Å². The summed E-state index contributed by atoms with van der Waals surface area (Å²) in [6, 6.07) is 28.5. The molecule has 9 heteroatoms. The number of benzene rings is 4. The molecule has 0 saturated heterocycles. The lowest BCUT2D eigenvalue weighted by molar-refractivity contribution is -0.114. The van der Waals surface area contributed by atoms with Gasteiger partial charge in [0.2, 0.25) is 5.91 Å². The number of nitrogens with zero attached hydrogens (tertiary/aromatic N) is 1. The summed E-state index contributed by atoms with van der Waals surface area (Å²) < 4.78 is 29.1. The fourth-order valence-electron chi connectivity index (χ4n) is 3.54. The van der Waals surface area contributed by atoms with Gasteiger partial charge in [0.15, 0.2) is 0 Å². The molecule has 4 aromatic rings. The van der Waals surface area contributed by atoms with Crippen LogP contribution >= 0.6 is 39.3 Å². The fourth-order valence-corrected chi connectivity index (χ4v) is 6.43. The molecule has 0 atom stereocenters. The third-order valence-corrected chi connectivity index (χ3v) is 9.14. The van der Waals surface area contributed by atoms with E-state index >= 15 is 0 Å². The number of aryl methyl sites for hydroxylation is 1. The molecular formula is C28H24BrClN2O3S2. The molecule has 5 nitrogen and oxygen atoms in total. The number of sulfonamides is 1. The summed E-state index contributed by atoms with van der Waals surface area (Å²) in [5.41, 5.74) is 3.04. The van der Waals surface area contributed by atoms with Gasteiger partial charge in [-0.3, -0.25) is 9.10 Å². The number of para-hydroxylation sites is 1. The van der Waals surface area contributed by atoms with Crippen LogP contribution in [-0.4, -0.2) is 20.9 Å². The molecule has 4 rings (SSSR count). The van der Waals surface area contributed by atoms with Crippen molar-refractivity contribution in [1.82, 2.24) is 0 Å². The van der Waals surface area contributed by atoms with Crippen molar-refractivity contribution in [1.29, 1.82) is 0 Å². The molecule has 4 aromatic carbocycles. The van der Waals surface area contributed by atoms with Crippen LogP contribution in [0.25, 0.3) is 0 Å². The van der Waals surface area contributed by atoms with Crippen LogP contribution in [0.5, 0.6) is 0 Å². The highest BCUT2D eigenvalue weighted by molar-refractivity contribution is 9.10. The SMILES string of the molecule is Cc1ccc(S(=O)(=O)N(CC(=O)Nc2ccccc2SCc2ccc(Cl)cc2)c2cccc(Br)c2)cc1. The summed E-state index contributed by atoms with van der Waals surface area (Å²) in [5, 5.41) is 3.58. The minimum atomic E-state index is -4.00. The topological polar surface area (TPSA) is 66.5 Å². The van der Waals surface area contributed by atoms with Crippen molar-refractivity contribution in [3.05, 3.63) is 118 Å². The normalized spacial score (nSPS) is 11.2. The van der Waals surface area contributed by atoms with Crippen molar-refractivity contribution < 1.29 is 13.2 Å². The van der Waals surface area contributed by atoms with Gasteiger partial charge in [0.25, 0.3) is 10.0 Å². The van der Waals surface area contributed by atoms with Crippen LogP contribution in [0.15, 0.2) is 111 Å². The van der Waals surface area contributed by atoms with Crippen molar-refractivity contribution in [2.45, 2.75) is 22.5 Å². The first-order chi connectivity index (χ1) is 17.7. The molecule has 0 aliphatic rings. The van der Waals surface area contributed by atoms with Crippen LogP contribution in [0, 0.1) is 6.92 Å². The standard InChI is InChI=1S/C28H24BrClN2O3S2/c1-20-9-15-25(16-10-20)37(34,35)32(24-6-4-5-22(29)17-24)18-28(33)31-26-7-2-3-8-27(26)36-19-21-11-13-23(30)14-12-21/h2-17H,18-19H2,1H3,(H,31,33). The third kappa shape index (κ3) is 7.17. The van der Waals surface area contributed by atoms with Gasteiger partial charge in [-0.05, 0) is 67.1 Å². The predicted octanol–water partition coefficient (Wildman–Crippen LogP) is 7.54. The van der Waals surface area contributed by atoms with E-state index in [0.29, 0.717) is 26.6 Å². The molecule has 0 saturated carbocycles. The maximum atomic E-state index is 13.6. The molecule has 0 heterocycles. The molecule has 37 heavy (non-hydrogen) atoms. The molecule has 0 bridgehead atoms. The average molecular weight is 616 g/mol. The van der Waals surface area contributed by atoms with E-state index in [9.17, 15) is 13.2 Å². The third-order valence-electron chi connectivity index (χ3n) is 5.46. The highest BCUT2D eigenvalue weighted by atomic mass is 79.9. The highest BCUT2D eigenvalue weighted by Gasteiger charge is 2.27. The van der Waals surface area contributed by atoms with Gasteiger partial charge in [-0.15, -0.1) is 11.8 Å². The molecule has 1 amide bonds. The first-order valence-electron chi connectivity index (χ1n) is 11.3. The Morgan fingerprint density at radius 2 is 1.65 bits per heavy atom. The van der Waals surface area contributed by atoms with Crippen LogP contribution in [0.3, 0.4) is 0 Å². The zero-order valence-electron chi connectivity index (χ0n) is 19.9. The number of nitrogens with one attached hydrogen (secondary N) is 1. The van der Waals surface area contributed by atoms with Gasteiger partial charge in [-0.1, -0.05) is 75.6 Å². The molecule has 0 fully saturated rings. The van der Waals surface area contributed by atoms with Crippen molar-refractivity contribution in [2.24, 2.45) is 0 Å². The number of amides is 1. The van der Waals surface area contributed by atoms with Gasteiger partial charge < -0.3 is 5.32 Å². The van der Waals surface area contributed by atoms with E-state index in [1.807, 2.05) is 49.4 Å². The second kappa shape index (κ2) is 12.2. The summed E-state index contributed by atoms with van der Waals surface area (Å²) in [4.78, 5) is 14.2. The van der Waals surface area contributed by atoms with Crippen molar-refractivity contribution in [3.63, 3.8) is 0 Å². The molecule has 190 valence electrons. The van der Waals surface area contributed by atoms with E-state index in [1.54, 1.807) is 66.4 Å². The number of halogens is 2. The Balaban J connectivity index is 1.56. The first kappa shape index (κ1) is 27.3. The summed E-state index contributed by atoms with van der Waals surface area (Å²) in [7, 11) is -4.00. The Morgan fingerprint density at radius 1 is 0.946 bits per heavy atom. The number of hydrogen-bond acceptors (Lipinski definition) is 4. The zero-order chi connectivity index (χ0) is 26.4. The summed E-state index contributed by atoms with van der Waals surface area (Å²) in [6.07, 6.45) is 0. The molecule has 0 aliphatic carbocycles. The Bertz CT molecular complexity index is 1490. The molecule has 0 unspecified atom stereocenters. The maximum Gasteiger partial charge on any atom is 0.264 e.